The highest BCUT2D eigenvalue weighted by molar-refractivity contribution is 9.10. The first-order chi connectivity index (χ1) is 7.72. The average molecular weight is 285 g/mol. The zero-order valence-electron chi connectivity index (χ0n) is 9.50. The zero-order valence-corrected chi connectivity index (χ0v) is 11.1. The van der Waals surface area contributed by atoms with E-state index in [1.807, 2.05) is 6.07 Å². The SMILES string of the molecule is CCc1cc(N)cc(Br)c1N1CCOCC1. The molecule has 1 aromatic rings. The number of anilines is 2. The Labute approximate surface area is 105 Å². The first-order valence-corrected chi connectivity index (χ1v) is 6.42. The van der Waals surface area contributed by atoms with Crippen LogP contribution in [0.15, 0.2) is 16.6 Å². The Balaban J connectivity index is 2.37. The minimum Gasteiger partial charge on any atom is -0.399 e. The van der Waals surface area contributed by atoms with E-state index < -0.39 is 0 Å². The van der Waals surface area contributed by atoms with E-state index >= 15 is 0 Å². The number of halogens is 1. The monoisotopic (exact) mass is 284 g/mol. The molecule has 0 aromatic heterocycles. The number of nitrogens with zero attached hydrogens (tertiary/aromatic N) is 1. The fourth-order valence-electron chi connectivity index (χ4n) is 2.09. The maximum Gasteiger partial charge on any atom is 0.0642 e. The quantitative estimate of drug-likeness (QED) is 0.848. The second-order valence-corrected chi connectivity index (χ2v) is 4.82. The normalized spacial score (nSPS) is 16.5. The Morgan fingerprint density at radius 2 is 2.06 bits per heavy atom. The molecular formula is C12H17BrN2O. The molecule has 0 spiro atoms. The van der Waals surface area contributed by atoms with E-state index in [1.54, 1.807) is 0 Å². The molecule has 3 nitrogen and oxygen atoms in total. The van der Waals surface area contributed by atoms with Crippen LogP contribution in [-0.4, -0.2) is 26.3 Å². The molecular weight excluding hydrogens is 268 g/mol. The fraction of sp³-hybridized carbons (Fsp3) is 0.500. The summed E-state index contributed by atoms with van der Waals surface area (Å²) in [6.45, 7) is 5.68. The van der Waals surface area contributed by atoms with Crippen molar-refractivity contribution >= 4 is 27.3 Å². The number of hydrogen-bond donors (Lipinski definition) is 1. The summed E-state index contributed by atoms with van der Waals surface area (Å²) >= 11 is 3.61. The molecule has 4 heteroatoms. The average Bonchev–Trinajstić information content (AvgIpc) is 2.29. The molecule has 0 unspecified atom stereocenters. The molecule has 0 aliphatic carbocycles. The highest BCUT2D eigenvalue weighted by atomic mass is 79.9. The van der Waals surface area contributed by atoms with E-state index in [0.29, 0.717) is 0 Å². The van der Waals surface area contributed by atoms with Crippen LogP contribution in [0.3, 0.4) is 0 Å². The van der Waals surface area contributed by atoms with Crippen molar-refractivity contribution in [2.24, 2.45) is 0 Å². The summed E-state index contributed by atoms with van der Waals surface area (Å²) in [7, 11) is 0. The first kappa shape index (κ1) is 11.7. The second-order valence-electron chi connectivity index (χ2n) is 3.96. The number of ether oxygens (including phenoxy) is 1. The van der Waals surface area contributed by atoms with Crippen molar-refractivity contribution in [3.05, 3.63) is 22.2 Å². The van der Waals surface area contributed by atoms with Gasteiger partial charge in [-0.1, -0.05) is 6.92 Å². The molecule has 0 bridgehead atoms. The largest absolute Gasteiger partial charge is 0.399 e. The highest BCUT2D eigenvalue weighted by Crippen LogP contribution is 2.33. The number of rotatable bonds is 2. The lowest BCUT2D eigenvalue weighted by molar-refractivity contribution is 0.122. The highest BCUT2D eigenvalue weighted by Gasteiger charge is 2.17. The topological polar surface area (TPSA) is 38.5 Å². The van der Waals surface area contributed by atoms with Crippen LogP contribution < -0.4 is 10.6 Å². The standard InChI is InChI=1S/C12H17BrN2O/c1-2-9-7-10(14)8-11(13)12(9)15-3-5-16-6-4-15/h7-8H,2-6,14H2,1H3. The molecule has 1 aliphatic rings. The van der Waals surface area contributed by atoms with Crippen LogP contribution >= 0.6 is 15.9 Å². The summed E-state index contributed by atoms with van der Waals surface area (Å²) in [6, 6.07) is 4.04. The summed E-state index contributed by atoms with van der Waals surface area (Å²) in [5, 5.41) is 0. The molecule has 2 N–H and O–H groups in total. The maximum atomic E-state index is 5.86. The Kier molecular flexibility index (Phi) is 3.71. The van der Waals surface area contributed by atoms with Crippen molar-refractivity contribution in [1.82, 2.24) is 0 Å². The molecule has 1 aromatic carbocycles. The van der Waals surface area contributed by atoms with Gasteiger partial charge < -0.3 is 15.4 Å². The van der Waals surface area contributed by atoms with E-state index in [-0.39, 0.29) is 0 Å². The summed E-state index contributed by atoms with van der Waals surface area (Å²) in [4.78, 5) is 2.37. The van der Waals surface area contributed by atoms with Crippen LogP contribution in [0.1, 0.15) is 12.5 Å². The van der Waals surface area contributed by atoms with Crippen molar-refractivity contribution in [3.63, 3.8) is 0 Å². The van der Waals surface area contributed by atoms with Crippen LogP contribution in [0, 0.1) is 0 Å². The van der Waals surface area contributed by atoms with Crippen molar-refractivity contribution in [2.45, 2.75) is 13.3 Å². The van der Waals surface area contributed by atoms with Gasteiger partial charge in [0, 0.05) is 23.2 Å². The van der Waals surface area contributed by atoms with E-state index in [4.69, 9.17) is 10.5 Å². The molecule has 0 atom stereocenters. The van der Waals surface area contributed by atoms with Gasteiger partial charge in [0.25, 0.3) is 0 Å². The summed E-state index contributed by atoms with van der Waals surface area (Å²) in [5.74, 6) is 0. The Morgan fingerprint density at radius 3 is 2.69 bits per heavy atom. The third-order valence-electron chi connectivity index (χ3n) is 2.87. The lowest BCUT2D eigenvalue weighted by Gasteiger charge is -2.31. The van der Waals surface area contributed by atoms with Gasteiger partial charge in [-0.25, -0.2) is 0 Å². The third kappa shape index (κ3) is 2.33. The van der Waals surface area contributed by atoms with E-state index in [9.17, 15) is 0 Å². The van der Waals surface area contributed by atoms with Gasteiger partial charge in [-0.05, 0) is 40.0 Å². The summed E-state index contributed by atoms with van der Waals surface area (Å²) < 4.78 is 6.47. The lowest BCUT2D eigenvalue weighted by atomic mass is 10.1. The van der Waals surface area contributed by atoms with Gasteiger partial charge in [-0.3, -0.25) is 0 Å². The predicted octanol–water partition coefficient (Wildman–Crippen LogP) is 2.43. The van der Waals surface area contributed by atoms with E-state index in [1.165, 1.54) is 11.3 Å². The van der Waals surface area contributed by atoms with Gasteiger partial charge >= 0.3 is 0 Å². The molecule has 1 fully saturated rings. The fourth-order valence-corrected chi connectivity index (χ4v) is 2.86. The Morgan fingerprint density at radius 1 is 1.38 bits per heavy atom. The van der Waals surface area contributed by atoms with Gasteiger partial charge in [0.2, 0.25) is 0 Å². The molecule has 1 aliphatic heterocycles. The molecule has 1 saturated heterocycles. The second kappa shape index (κ2) is 5.06. The van der Waals surface area contributed by atoms with Crippen molar-refractivity contribution in [1.29, 1.82) is 0 Å². The number of morpholine rings is 1. The lowest BCUT2D eigenvalue weighted by Crippen LogP contribution is -2.37. The van der Waals surface area contributed by atoms with Gasteiger partial charge in [0.15, 0.2) is 0 Å². The Bertz CT molecular complexity index is 376. The van der Waals surface area contributed by atoms with Crippen molar-refractivity contribution in [2.75, 3.05) is 36.9 Å². The minimum atomic E-state index is 0.806. The van der Waals surface area contributed by atoms with Crippen molar-refractivity contribution < 1.29 is 4.74 Å². The Hall–Kier alpha value is -0.740. The number of hydrogen-bond acceptors (Lipinski definition) is 3. The van der Waals surface area contributed by atoms with Gasteiger partial charge in [-0.15, -0.1) is 0 Å². The van der Waals surface area contributed by atoms with Crippen LogP contribution in [0.2, 0.25) is 0 Å². The van der Waals surface area contributed by atoms with Crippen molar-refractivity contribution in [3.8, 4) is 0 Å². The van der Waals surface area contributed by atoms with Crippen LogP contribution in [0.4, 0.5) is 11.4 Å². The smallest absolute Gasteiger partial charge is 0.0642 e. The molecule has 0 radical (unpaired) electrons. The number of nitrogens with two attached hydrogens (primary N) is 1. The minimum absolute atomic E-state index is 0.806. The van der Waals surface area contributed by atoms with Crippen LogP contribution in [-0.2, 0) is 11.2 Å². The van der Waals surface area contributed by atoms with Crippen LogP contribution in [0.5, 0.6) is 0 Å². The van der Waals surface area contributed by atoms with Gasteiger partial charge in [0.05, 0.1) is 18.9 Å². The molecule has 88 valence electrons. The van der Waals surface area contributed by atoms with E-state index in [2.05, 4.69) is 33.8 Å². The first-order valence-electron chi connectivity index (χ1n) is 5.63. The summed E-state index contributed by atoms with van der Waals surface area (Å²) in [6.07, 6.45) is 0.996. The number of nitrogen functional groups attached to an aromatic ring is 1. The van der Waals surface area contributed by atoms with Gasteiger partial charge in [-0.2, -0.15) is 0 Å². The van der Waals surface area contributed by atoms with Crippen LogP contribution in [0.25, 0.3) is 0 Å². The molecule has 1 heterocycles. The molecule has 16 heavy (non-hydrogen) atoms. The molecule has 0 saturated carbocycles. The number of aryl methyl sites for hydroxylation is 1. The van der Waals surface area contributed by atoms with Gasteiger partial charge in [0.1, 0.15) is 0 Å². The molecule has 2 rings (SSSR count). The van der Waals surface area contributed by atoms with E-state index in [0.717, 1.165) is 42.9 Å². The summed E-state index contributed by atoms with van der Waals surface area (Å²) in [5.41, 5.74) is 9.26. The third-order valence-corrected chi connectivity index (χ3v) is 3.48. The zero-order chi connectivity index (χ0) is 11.5. The predicted molar refractivity (Wildman–Crippen MR) is 71.0 cm³/mol. The maximum absolute atomic E-state index is 5.86. The molecule has 0 amide bonds. The number of benzene rings is 1.